The number of amides is 2. The predicted molar refractivity (Wildman–Crippen MR) is 82.1 cm³/mol. The molecule has 1 aliphatic heterocycles. The van der Waals surface area contributed by atoms with Gasteiger partial charge < -0.3 is 15.4 Å². The van der Waals surface area contributed by atoms with Crippen molar-refractivity contribution in [1.29, 1.82) is 0 Å². The summed E-state index contributed by atoms with van der Waals surface area (Å²) in [6.45, 7) is 3.53. The minimum Gasteiger partial charge on any atom is -0.479 e. The Morgan fingerprint density at radius 1 is 1.32 bits per heavy atom. The highest BCUT2D eigenvalue weighted by Crippen LogP contribution is 2.32. The van der Waals surface area contributed by atoms with Gasteiger partial charge in [0.15, 0.2) is 6.10 Å². The minimum absolute atomic E-state index is 0.210. The Labute approximate surface area is 127 Å². The molecule has 0 radical (unpaired) electrons. The molecule has 1 aromatic carbocycles. The van der Waals surface area contributed by atoms with Crippen LogP contribution in [0, 0.1) is 6.92 Å². The van der Waals surface area contributed by atoms with Gasteiger partial charge in [-0.1, -0.05) is 0 Å². The van der Waals surface area contributed by atoms with Crippen molar-refractivity contribution in [3.63, 3.8) is 0 Å². The van der Waals surface area contributed by atoms with Crippen LogP contribution in [-0.4, -0.2) is 22.9 Å². The van der Waals surface area contributed by atoms with Crippen LogP contribution in [0.2, 0.25) is 0 Å². The molecule has 0 bridgehead atoms. The van der Waals surface area contributed by atoms with Gasteiger partial charge in [0.25, 0.3) is 11.8 Å². The van der Waals surface area contributed by atoms with Crippen molar-refractivity contribution in [1.82, 2.24) is 4.98 Å². The van der Waals surface area contributed by atoms with E-state index in [1.807, 2.05) is 6.92 Å². The number of hydrogen-bond acceptors (Lipinski definition) is 4. The molecule has 1 aromatic heterocycles. The van der Waals surface area contributed by atoms with Crippen LogP contribution in [0.3, 0.4) is 0 Å². The molecule has 22 heavy (non-hydrogen) atoms. The number of benzene rings is 1. The molecule has 0 aliphatic carbocycles. The first-order valence-corrected chi connectivity index (χ1v) is 6.88. The van der Waals surface area contributed by atoms with Crippen LogP contribution in [0.1, 0.15) is 23.0 Å². The third kappa shape index (κ3) is 2.76. The number of fused-ring (bicyclic) bond motifs is 1. The zero-order valence-electron chi connectivity index (χ0n) is 12.2. The molecule has 2 heterocycles. The second-order valence-corrected chi connectivity index (χ2v) is 5.10. The SMILES string of the molecule is Cc1ccc(C(=O)Nc2ccc3c(c2)NC(=O)C(C)O3)cn1. The van der Waals surface area contributed by atoms with Crippen molar-refractivity contribution >= 4 is 23.2 Å². The van der Waals surface area contributed by atoms with Crippen molar-refractivity contribution in [2.24, 2.45) is 0 Å². The van der Waals surface area contributed by atoms with E-state index in [1.165, 1.54) is 6.20 Å². The summed E-state index contributed by atoms with van der Waals surface area (Å²) in [7, 11) is 0. The lowest BCUT2D eigenvalue weighted by Crippen LogP contribution is -2.34. The molecule has 112 valence electrons. The van der Waals surface area contributed by atoms with E-state index in [9.17, 15) is 9.59 Å². The van der Waals surface area contributed by atoms with Gasteiger partial charge >= 0.3 is 0 Å². The average molecular weight is 297 g/mol. The topological polar surface area (TPSA) is 80.3 Å². The van der Waals surface area contributed by atoms with Crippen molar-refractivity contribution in [2.45, 2.75) is 20.0 Å². The molecule has 2 aromatic rings. The molecule has 0 saturated heterocycles. The Hall–Kier alpha value is -2.89. The van der Waals surface area contributed by atoms with E-state index in [4.69, 9.17) is 4.74 Å². The molecule has 6 heteroatoms. The van der Waals surface area contributed by atoms with Gasteiger partial charge in [0.05, 0.1) is 11.3 Å². The first-order chi connectivity index (χ1) is 10.5. The van der Waals surface area contributed by atoms with Gasteiger partial charge in [0.1, 0.15) is 5.75 Å². The molecule has 2 amide bonds. The highest BCUT2D eigenvalue weighted by Gasteiger charge is 2.23. The van der Waals surface area contributed by atoms with Crippen molar-refractivity contribution in [3.8, 4) is 5.75 Å². The first kappa shape index (κ1) is 14.1. The fraction of sp³-hybridized carbons (Fsp3) is 0.188. The molecule has 0 saturated carbocycles. The van der Waals surface area contributed by atoms with Gasteiger partial charge in [-0.15, -0.1) is 0 Å². The van der Waals surface area contributed by atoms with Gasteiger partial charge in [-0.25, -0.2) is 0 Å². The van der Waals surface area contributed by atoms with Gasteiger partial charge in [0.2, 0.25) is 0 Å². The lowest BCUT2D eigenvalue weighted by Gasteiger charge is -2.23. The number of carbonyl (C=O) groups is 2. The third-order valence-corrected chi connectivity index (χ3v) is 3.34. The lowest BCUT2D eigenvalue weighted by molar-refractivity contribution is -0.122. The summed E-state index contributed by atoms with van der Waals surface area (Å²) in [5.74, 6) is 0.115. The fourth-order valence-electron chi connectivity index (χ4n) is 2.09. The van der Waals surface area contributed by atoms with E-state index < -0.39 is 6.10 Å². The number of nitrogens with zero attached hydrogens (tertiary/aromatic N) is 1. The number of aryl methyl sites for hydroxylation is 1. The molecule has 2 N–H and O–H groups in total. The number of hydrogen-bond donors (Lipinski definition) is 2. The van der Waals surface area contributed by atoms with E-state index in [2.05, 4.69) is 15.6 Å². The summed E-state index contributed by atoms with van der Waals surface area (Å²) >= 11 is 0. The van der Waals surface area contributed by atoms with Crippen LogP contribution in [0.15, 0.2) is 36.5 Å². The Bertz CT molecular complexity index is 741. The molecular weight excluding hydrogens is 282 g/mol. The number of rotatable bonds is 2. The number of carbonyl (C=O) groups excluding carboxylic acids is 2. The standard InChI is InChI=1S/C16H15N3O3/c1-9-3-4-11(8-17-9)16(21)18-12-5-6-14-13(7-12)19-15(20)10(2)22-14/h3-8,10H,1-2H3,(H,18,21)(H,19,20). The molecule has 1 aliphatic rings. The van der Waals surface area contributed by atoms with E-state index in [0.29, 0.717) is 22.7 Å². The number of nitrogens with one attached hydrogen (secondary N) is 2. The van der Waals surface area contributed by atoms with E-state index in [1.54, 1.807) is 37.3 Å². The molecule has 1 unspecified atom stereocenters. The fourth-order valence-corrected chi connectivity index (χ4v) is 2.09. The molecule has 1 atom stereocenters. The van der Waals surface area contributed by atoms with Gasteiger partial charge in [-0.2, -0.15) is 0 Å². The van der Waals surface area contributed by atoms with Gasteiger partial charge in [-0.05, 0) is 44.2 Å². The minimum atomic E-state index is -0.522. The van der Waals surface area contributed by atoms with Crippen molar-refractivity contribution in [3.05, 3.63) is 47.8 Å². The van der Waals surface area contributed by atoms with E-state index >= 15 is 0 Å². The lowest BCUT2D eigenvalue weighted by atomic mass is 10.2. The van der Waals surface area contributed by atoms with E-state index in [-0.39, 0.29) is 11.8 Å². The zero-order valence-corrected chi connectivity index (χ0v) is 12.2. The maximum atomic E-state index is 12.1. The van der Waals surface area contributed by atoms with Crippen LogP contribution in [0.25, 0.3) is 0 Å². The molecule has 0 fully saturated rings. The quantitative estimate of drug-likeness (QED) is 0.891. The third-order valence-electron chi connectivity index (χ3n) is 3.34. The highest BCUT2D eigenvalue weighted by atomic mass is 16.5. The summed E-state index contributed by atoms with van der Waals surface area (Å²) in [4.78, 5) is 27.8. The van der Waals surface area contributed by atoms with E-state index in [0.717, 1.165) is 5.69 Å². The molecule has 3 rings (SSSR count). The first-order valence-electron chi connectivity index (χ1n) is 6.88. The molecule has 6 nitrogen and oxygen atoms in total. The number of ether oxygens (including phenoxy) is 1. The summed E-state index contributed by atoms with van der Waals surface area (Å²) < 4.78 is 5.47. The number of anilines is 2. The van der Waals surface area contributed by atoms with Crippen LogP contribution < -0.4 is 15.4 Å². The van der Waals surface area contributed by atoms with Crippen molar-refractivity contribution < 1.29 is 14.3 Å². The Balaban J connectivity index is 1.79. The summed E-state index contributed by atoms with van der Waals surface area (Å²) in [6.07, 6.45) is 1.00. The predicted octanol–water partition coefficient (Wildman–Crippen LogP) is 2.36. The van der Waals surface area contributed by atoms with Crippen molar-refractivity contribution in [2.75, 3.05) is 10.6 Å². The maximum absolute atomic E-state index is 12.1. The van der Waals surface area contributed by atoms with Crippen LogP contribution >= 0.6 is 0 Å². The highest BCUT2D eigenvalue weighted by molar-refractivity contribution is 6.05. The largest absolute Gasteiger partial charge is 0.479 e. The second-order valence-electron chi connectivity index (χ2n) is 5.10. The summed E-state index contributed by atoms with van der Waals surface area (Å²) in [5, 5.41) is 5.51. The monoisotopic (exact) mass is 297 g/mol. The van der Waals surface area contributed by atoms with Gasteiger partial charge in [0, 0.05) is 17.6 Å². The summed E-state index contributed by atoms with van der Waals surface area (Å²) in [6, 6.07) is 8.59. The number of aromatic nitrogens is 1. The zero-order chi connectivity index (χ0) is 15.7. The second kappa shape index (κ2) is 5.48. The average Bonchev–Trinajstić information content (AvgIpc) is 2.49. The van der Waals surface area contributed by atoms with Crippen LogP contribution in [-0.2, 0) is 4.79 Å². The van der Waals surface area contributed by atoms with Crippen LogP contribution in [0.5, 0.6) is 5.75 Å². The molecule has 0 spiro atoms. The maximum Gasteiger partial charge on any atom is 0.265 e. The Morgan fingerprint density at radius 2 is 2.14 bits per heavy atom. The number of pyridine rings is 1. The Kier molecular flexibility index (Phi) is 3.50. The summed E-state index contributed by atoms with van der Waals surface area (Å²) in [5.41, 5.74) is 2.43. The molecular formula is C16H15N3O3. The van der Waals surface area contributed by atoms with Crippen LogP contribution in [0.4, 0.5) is 11.4 Å². The Morgan fingerprint density at radius 3 is 2.86 bits per heavy atom. The smallest absolute Gasteiger partial charge is 0.265 e. The normalized spacial score (nSPS) is 16.3. The van der Waals surface area contributed by atoms with Gasteiger partial charge in [-0.3, -0.25) is 14.6 Å².